The molecule has 0 saturated heterocycles. The summed E-state index contributed by atoms with van der Waals surface area (Å²) >= 11 is 0. The highest BCUT2D eigenvalue weighted by molar-refractivity contribution is 5.92. The molecule has 0 heterocycles. The quantitative estimate of drug-likeness (QED) is 0.587. The summed E-state index contributed by atoms with van der Waals surface area (Å²) in [5, 5.41) is 16.8. The summed E-state index contributed by atoms with van der Waals surface area (Å²) in [4.78, 5) is 22.6. The normalized spacial score (nSPS) is 11.7. The third-order valence-electron chi connectivity index (χ3n) is 2.50. The third kappa shape index (κ3) is 5.25. The van der Waals surface area contributed by atoms with Crippen LogP contribution in [0.4, 0.5) is 10.5 Å². The molecule has 1 rings (SSSR count). The topological polar surface area (TPSA) is 99.7 Å². The van der Waals surface area contributed by atoms with E-state index in [1.54, 1.807) is 6.07 Å². The summed E-state index contributed by atoms with van der Waals surface area (Å²) in [5.41, 5.74) is 1.61. The van der Waals surface area contributed by atoms with Crippen molar-refractivity contribution in [1.82, 2.24) is 10.6 Å². The molecule has 1 aromatic rings. The van der Waals surface area contributed by atoms with Gasteiger partial charge >= 0.3 is 12.0 Å². The van der Waals surface area contributed by atoms with Gasteiger partial charge in [0.2, 0.25) is 0 Å². The summed E-state index contributed by atoms with van der Waals surface area (Å²) in [6.45, 7) is 0.584. The molecule has 20 heavy (non-hydrogen) atoms. The molecule has 1 atom stereocenters. The van der Waals surface area contributed by atoms with Gasteiger partial charge in [-0.3, -0.25) is 0 Å². The zero-order valence-corrected chi connectivity index (χ0v) is 11.5. The first-order chi connectivity index (χ1) is 9.56. The molecule has 2 amide bonds. The Morgan fingerprint density at radius 1 is 1.40 bits per heavy atom. The molecule has 0 spiro atoms. The van der Waals surface area contributed by atoms with Crippen LogP contribution in [0.25, 0.3) is 0 Å². The number of hydrogen-bond donors (Lipinski definition) is 4. The second-order valence-electron chi connectivity index (χ2n) is 4.18. The number of carbonyl (C=O) groups excluding carboxylic acids is 1. The molecular formula is C13H19N3O4. The molecule has 0 bridgehead atoms. The van der Waals surface area contributed by atoms with Crippen molar-refractivity contribution < 1.29 is 19.4 Å². The lowest BCUT2D eigenvalue weighted by Crippen LogP contribution is -2.45. The maximum Gasteiger partial charge on any atom is 0.328 e. The first-order valence-corrected chi connectivity index (χ1v) is 6.09. The third-order valence-corrected chi connectivity index (χ3v) is 2.50. The highest BCUT2D eigenvalue weighted by Gasteiger charge is 2.19. The fourth-order valence-corrected chi connectivity index (χ4v) is 1.63. The van der Waals surface area contributed by atoms with Crippen LogP contribution in [0, 0.1) is 0 Å². The fourth-order valence-electron chi connectivity index (χ4n) is 1.63. The van der Waals surface area contributed by atoms with E-state index in [-0.39, 0.29) is 6.61 Å². The van der Waals surface area contributed by atoms with Gasteiger partial charge in [-0.1, -0.05) is 12.1 Å². The zero-order valence-electron chi connectivity index (χ0n) is 11.5. The van der Waals surface area contributed by atoms with Crippen molar-refractivity contribution in [2.24, 2.45) is 0 Å². The van der Waals surface area contributed by atoms with E-state index in [1.807, 2.05) is 25.2 Å². The van der Waals surface area contributed by atoms with Crippen LogP contribution >= 0.6 is 0 Å². The van der Waals surface area contributed by atoms with Crippen molar-refractivity contribution in [3.8, 4) is 0 Å². The largest absolute Gasteiger partial charge is 0.480 e. The van der Waals surface area contributed by atoms with Gasteiger partial charge in [0.1, 0.15) is 0 Å². The van der Waals surface area contributed by atoms with Crippen molar-refractivity contribution in [3.63, 3.8) is 0 Å². The Labute approximate surface area is 117 Å². The van der Waals surface area contributed by atoms with Crippen LogP contribution in [0.15, 0.2) is 24.3 Å². The SMILES string of the molecule is CNCc1cccc(NC(=O)NC(COC)C(=O)O)c1. The van der Waals surface area contributed by atoms with Crippen molar-refractivity contribution in [1.29, 1.82) is 0 Å². The average Bonchev–Trinajstić information content (AvgIpc) is 2.38. The van der Waals surface area contributed by atoms with Gasteiger partial charge in [0.05, 0.1) is 6.61 Å². The molecule has 0 fully saturated rings. The molecule has 1 aromatic carbocycles. The molecule has 0 saturated carbocycles. The van der Waals surface area contributed by atoms with Crippen LogP contribution in [0.5, 0.6) is 0 Å². The van der Waals surface area contributed by atoms with E-state index in [0.717, 1.165) is 5.56 Å². The summed E-state index contributed by atoms with van der Waals surface area (Å²) in [6, 6.07) is 5.60. The van der Waals surface area contributed by atoms with Gasteiger partial charge in [-0.05, 0) is 24.7 Å². The Morgan fingerprint density at radius 3 is 2.75 bits per heavy atom. The fraction of sp³-hybridized carbons (Fsp3) is 0.385. The van der Waals surface area contributed by atoms with E-state index in [4.69, 9.17) is 9.84 Å². The number of rotatable bonds is 7. The number of methoxy groups -OCH3 is 1. The summed E-state index contributed by atoms with van der Waals surface area (Å²) in [6.07, 6.45) is 0. The predicted octanol–water partition coefficient (Wildman–Crippen LogP) is 0.627. The molecule has 7 heteroatoms. The standard InChI is InChI=1S/C13H19N3O4/c1-14-7-9-4-3-5-10(6-9)15-13(19)16-11(8-20-2)12(17)18/h3-6,11,14H,7-8H2,1-2H3,(H,17,18)(H2,15,16,19). The Kier molecular flexibility index (Phi) is 6.48. The van der Waals surface area contributed by atoms with Gasteiger partial charge in [-0.15, -0.1) is 0 Å². The van der Waals surface area contributed by atoms with Gasteiger partial charge < -0.3 is 25.8 Å². The second kappa shape index (κ2) is 8.13. The van der Waals surface area contributed by atoms with Crippen LogP contribution < -0.4 is 16.0 Å². The van der Waals surface area contributed by atoms with Gasteiger partial charge in [0.15, 0.2) is 6.04 Å². The van der Waals surface area contributed by atoms with Crippen LogP contribution in [0.2, 0.25) is 0 Å². The van der Waals surface area contributed by atoms with E-state index >= 15 is 0 Å². The Hall–Kier alpha value is -2.12. The lowest BCUT2D eigenvalue weighted by molar-refractivity contribution is -0.140. The van der Waals surface area contributed by atoms with Gasteiger partial charge in [-0.2, -0.15) is 0 Å². The van der Waals surface area contributed by atoms with E-state index < -0.39 is 18.0 Å². The van der Waals surface area contributed by atoms with E-state index in [1.165, 1.54) is 7.11 Å². The number of benzene rings is 1. The Morgan fingerprint density at radius 2 is 2.15 bits per heavy atom. The molecule has 0 aliphatic rings. The molecule has 7 nitrogen and oxygen atoms in total. The summed E-state index contributed by atoms with van der Waals surface area (Å²) in [7, 11) is 3.20. The van der Waals surface area contributed by atoms with Gasteiger partial charge in [0, 0.05) is 19.3 Å². The Bertz CT molecular complexity index is 465. The molecule has 4 N–H and O–H groups in total. The van der Waals surface area contributed by atoms with Crippen molar-refractivity contribution >= 4 is 17.7 Å². The zero-order chi connectivity index (χ0) is 15.0. The molecule has 0 radical (unpaired) electrons. The number of nitrogens with one attached hydrogen (secondary N) is 3. The minimum Gasteiger partial charge on any atom is -0.480 e. The monoisotopic (exact) mass is 281 g/mol. The number of carbonyl (C=O) groups is 2. The molecule has 110 valence electrons. The molecule has 1 unspecified atom stereocenters. The van der Waals surface area contributed by atoms with Crippen molar-refractivity contribution in [2.75, 3.05) is 26.1 Å². The molecule has 0 aliphatic carbocycles. The van der Waals surface area contributed by atoms with Crippen LogP contribution in [-0.4, -0.2) is 43.9 Å². The van der Waals surface area contributed by atoms with Gasteiger partial charge in [-0.25, -0.2) is 9.59 Å². The van der Waals surface area contributed by atoms with E-state index in [9.17, 15) is 9.59 Å². The second-order valence-corrected chi connectivity index (χ2v) is 4.18. The number of anilines is 1. The number of aliphatic carboxylic acids is 1. The molecule has 0 aliphatic heterocycles. The van der Waals surface area contributed by atoms with Crippen LogP contribution in [0.3, 0.4) is 0 Å². The number of amides is 2. The molecule has 0 aromatic heterocycles. The first-order valence-electron chi connectivity index (χ1n) is 6.09. The highest BCUT2D eigenvalue weighted by atomic mass is 16.5. The van der Waals surface area contributed by atoms with Gasteiger partial charge in [0.25, 0.3) is 0 Å². The maximum absolute atomic E-state index is 11.7. The minimum absolute atomic E-state index is 0.0947. The number of urea groups is 1. The van der Waals surface area contributed by atoms with E-state index in [0.29, 0.717) is 12.2 Å². The smallest absolute Gasteiger partial charge is 0.328 e. The summed E-state index contributed by atoms with van der Waals surface area (Å²) in [5.74, 6) is -1.15. The lowest BCUT2D eigenvalue weighted by Gasteiger charge is -2.14. The number of ether oxygens (including phenoxy) is 1. The van der Waals surface area contributed by atoms with Crippen LogP contribution in [-0.2, 0) is 16.1 Å². The number of hydrogen-bond acceptors (Lipinski definition) is 4. The van der Waals surface area contributed by atoms with Crippen molar-refractivity contribution in [2.45, 2.75) is 12.6 Å². The van der Waals surface area contributed by atoms with Crippen LogP contribution in [0.1, 0.15) is 5.56 Å². The predicted molar refractivity (Wildman–Crippen MR) is 74.7 cm³/mol. The number of carboxylic acid groups (broad SMARTS) is 1. The maximum atomic E-state index is 11.7. The minimum atomic E-state index is -1.15. The first kappa shape index (κ1) is 15.9. The average molecular weight is 281 g/mol. The lowest BCUT2D eigenvalue weighted by atomic mass is 10.2. The number of carboxylic acids is 1. The highest BCUT2D eigenvalue weighted by Crippen LogP contribution is 2.10. The van der Waals surface area contributed by atoms with Crippen molar-refractivity contribution in [3.05, 3.63) is 29.8 Å². The molecular weight excluding hydrogens is 262 g/mol. The van der Waals surface area contributed by atoms with E-state index in [2.05, 4.69) is 16.0 Å². The summed E-state index contributed by atoms with van der Waals surface area (Å²) < 4.78 is 4.74. The Balaban J connectivity index is 2.61.